The summed E-state index contributed by atoms with van der Waals surface area (Å²) in [5.74, 6) is 1.71. The van der Waals surface area contributed by atoms with Gasteiger partial charge in [0.2, 0.25) is 0 Å². The first-order chi connectivity index (χ1) is 18.5. The number of piperidine rings is 1. The molecule has 0 aromatic heterocycles. The van der Waals surface area contributed by atoms with Gasteiger partial charge < -0.3 is 35.4 Å². The summed E-state index contributed by atoms with van der Waals surface area (Å²) in [6.07, 6.45) is 4.85. The van der Waals surface area contributed by atoms with Gasteiger partial charge in [-0.3, -0.25) is 14.6 Å². The van der Waals surface area contributed by atoms with E-state index in [9.17, 15) is 9.59 Å². The van der Waals surface area contributed by atoms with E-state index in [2.05, 4.69) is 57.6 Å². The molecule has 0 spiro atoms. The van der Waals surface area contributed by atoms with Crippen molar-refractivity contribution in [3.63, 3.8) is 0 Å². The molecule has 2 bridgehead atoms. The van der Waals surface area contributed by atoms with Crippen LogP contribution in [-0.2, 0) is 57.2 Å². The molecule has 9 heteroatoms. The molecule has 0 unspecified atom stereocenters. The van der Waals surface area contributed by atoms with Crippen LogP contribution in [-0.4, -0.2) is 77.8 Å². The van der Waals surface area contributed by atoms with E-state index >= 15 is 0 Å². The van der Waals surface area contributed by atoms with Crippen molar-refractivity contribution in [1.29, 1.82) is 0 Å². The van der Waals surface area contributed by atoms with Gasteiger partial charge in [-0.25, -0.2) is 0 Å². The third-order valence-electron chi connectivity index (χ3n) is 8.02. The molecule has 2 aliphatic rings. The summed E-state index contributed by atoms with van der Waals surface area (Å²) in [5.41, 5.74) is 1.31. The van der Waals surface area contributed by atoms with E-state index in [0.717, 1.165) is 64.2 Å². The van der Waals surface area contributed by atoms with Crippen molar-refractivity contribution < 1.29 is 31.9 Å². The molecule has 4 rings (SSSR count). The Balaban J connectivity index is 0.00000195. The Morgan fingerprint density at radius 2 is 1.82 bits per heavy atom. The van der Waals surface area contributed by atoms with E-state index < -0.39 is 0 Å². The zero-order valence-electron chi connectivity index (χ0n) is 22.1. The summed E-state index contributed by atoms with van der Waals surface area (Å²) < 4.78 is 8.22. The monoisotopic (exact) mass is 639 g/mol. The molecular formula is C29H38N3O3S2Tc. The Morgan fingerprint density at radius 3 is 2.53 bits per heavy atom. The van der Waals surface area contributed by atoms with Gasteiger partial charge in [0.25, 0.3) is 0 Å². The van der Waals surface area contributed by atoms with Gasteiger partial charge in [0, 0.05) is 31.0 Å². The molecule has 0 radical (unpaired) electrons. The third-order valence-corrected chi connectivity index (χ3v) is 8.39. The molecular weight excluding hydrogens is 601 g/mol. The number of carbonyl (C=O) groups is 2. The molecule has 2 saturated heterocycles. The van der Waals surface area contributed by atoms with Gasteiger partial charge in [-0.1, -0.05) is 49.4 Å². The van der Waals surface area contributed by atoms with Crippen molar-refractivity contribution in [3.8, 4) is 0 Å². The molecule has 2 heterocycles. The molecule has 2 aliphatic heterocycles. The molecule has 6 nitrogen and oxygen atoms in total. The second-order valence-corrected chi connectivity index (χ2v) is 11.0. The minimum absolute atomic E-state index is 0.0532. The molecule has 1 amide bonds. The first-order valence-corrected chi connectivity index (χ1v) is 15.5. The fraction of sp³-hybridized carbons (Fsp3) is 0.586. The topological polar surface area (TPSA) is 71.8 Å². The first kappa shape index (κ1) is 31.4. The van der Waals surface area contributed by atoms with E-state index in [1.807, 2.05) is 6.92 Å². The van der Waals surface area contributed by atoms with Crippen LogP contribution in [0.2, 0.25) is 0 Å². The molecule has 4 atom stereocenters. The fourth-order valence-electron chi connectivity index (χ4n) is 6.41. The van der Waals surface area contributed by atoms with E-state index in [-0.39, 0.29) is 17.7 Å². The molecule has 2 aromatic rings. The summed E-state index contributed by atoms with van der Waals surface area (Å²) >= 11 is 11.0. The van der Waals surface area contributed by atoms with Gasteiger partial charge in [-0.15, -0.1) is 0 Å². The zero-order chi connectivity index (χ0) is 27.5. The minimum atomic E-state index is -0.104. The Labute approximate surface area is 248 Å². The number of fused-ring (bicyclic) bond motifs is 3. The van der Waals surface area contributed by atoms with E-state index in [1.54, 1.807) is 0 Å². The molecule has 2 fully saturated rings. The maximum absolute atomic E-state index is 13.3. The van der Waals surface area contributed by atoms with Crippen LogP contribution < -0.4 is 0 Å². The number of nitrogens with zero attached hydrogens (tertiary/aromatic N) is 3. The summed E-state index contributed by atoms with van der Waals surface area (Å²) in [7, 11) is 0. The van der Waals surface area contributed by atoms with Crippen molar-refractivity contribution in [2.75, 3.05) is 44.2 Å². The van der Waals surface area contributed by atoms with Crippen LogP contribution in [0.25, 0.3) is 16.1 Å². The Bertz CT molecular complexity index is 1060. The van der Waals surface area contributed by atoms with E-state index in [0.29, 0.717) is 48.9 Å². The van der Waals surface area contributed by atoms with Crippen LogP contribution in [0.5, 0.6) is 0 Å². The number of carbonyl (C=O) groups excluding carboxylic acids is 2. The van der Waals surface area contributed by atoms with Crippen molar-refractivity contribution in [1.82, 2.24) is 9.80 Å². The average Bonchev–Trinajstić information content (AvgIpc) is 3.22. The zero-order valence-corrected chi connectivity index (χ0v) is 25.6. The van der Waals surface area contributed by atoms with Gasteiger partial charge in [0.05, 0.1) is 5.91 Å². The van der Waals surface area contributed by atoms with Crippen LogP contribution in [0, 0.1) is 5.92 Å². The van der Waals surface area contributed by atoms with Crippen LogP contribution in [0.3, 0.4) is 0 Å². The second kappa shape index (κ2) is 16.2. The molecule has 0 N–H and O–H groups in total. The van der Waals surface area contributed by atoms with Crippen molar-refractivity contribution in [2.45, 2.75) is 57.0 Å². The summed E-state index contributed by atoms with van der Waals surface area (Å²) in [4.78, 5) is 30.2. The second-order valence-electron chi connectivity index (χ2n) is 10.1. The van der Waals surface area contributed by atoms with Gasteiger partial charge >= 0.3 is 22.4 Å². The third kappa shape index (κ3) is 7.98. The van der Waals surface area contributed by atoms with Crippen LogP contribution in [0.15, 0.2) is 42.5 Å². The van der Waals surface area contributed by atoms with Gasteiger partial charge in [0.1, 0.15) is 5.78 Å². The quantitative estimate of drug-likeness (QED) is 0.303. The average molecular weight is 640 g/mol. The van der Waals surface area contributed by atoms with Gasteiger partial charge in [0.15, 0.2) is 0 Å². The Hall–Kier alpha value is -1.09. The number of ketones is 1. The van der Waals surface area contributed by atoms with Crippen molar-refractivity contribution in [2.24, 2.45) is 5.92 Å². The molecule has 2 aromatic carbocycles. The van der Waals surface area contributed by atoms with Crippen molar-refractivity contribution in [3.05, 3.63) is 53.3 Å². The van der Waals surface area contributed by atoms with E-state index in [4.69, 9.17) is 28.8 Å². The number of amides is 1. The molecule has 0 saturated carbocycles. The first-order valence-electron chi connectivity index (χ1n) is 13.6. The predicted molar refractivity (Wildman–Crippen MR) is 153 cm³/mol. The fourth-order valence-corrected chi connectivity index (χ4v) is 6.75. The van der Waals surface area contributed by atoms with Gasteiger partial charge in [-0.05, 0) is 67.6 Å². The normalized spacial score (nSPS) is 22.7. The maximum atomic E-state index is 13.3. The number of hydrogen-bond donors (Lipinski definition) is 0. The predicted octanol–water partition coefficient (Wildman–Crippen LogP) is 4.32. The Morgan fingerprint density at radius 1 is 1.05 bits per heavy atom. The summed E-state index contributed by atoms with van der Waals surface area (Å²) in [6, 6.07) is 16.1. The van der Waals surface area contributed by atoms with E-state index in [1.165, 1.54) is 16.3 Å². The van der Waals surface area contributed by atoms with Crippen molar-refractivity contribution >= 4 is 47.7 Å². The number of rotatable bonds is 13. The van der Waals surface area contributed by atoms with Crippen LogP contribution in [0.1, 0.15) is 50.5 Å². The summed E-state index contributed by atoms with van der Waals surface area (Å²) in [6.45, 7) is 5.24. The van der Waals surface area contributed by atoms with Crippen LogP contribution >= 0.6 is 0 Å². The molecule has 206 valence electrons. The SMILES string of the molecule is CCC(=O)[C@H]1[C@@H](c2ccc3ccccc3c2)C[C@@H]2CC[C@H]1N2CCCN(CC[S-])CC(=O)[N-]CC[S-].[O]=[99Tc+3]. The standard InChI is InChI=1S/C29H41N3O2S2.O.Tc/c1-2-27(33)29-25(23-9-8-21-6-3-4-7-22(21)18-23)19-24-10-11-26(29)32(24)14-5-13-31(15-17-36)20-28(34)30-12-16-35;;/h3-4,6-9,18,24-26,29H,2,5,10-17,19-20H2,1H3,(H3,30,34,35,36);;/q;;+3/p-3/t24-,25+,26+,29-;;/m0../s1/i;;1+1. The van der Waals surface area contributed by atoms with Gasteiger partial charge in [-0.2, -0.15) is 18.1 Å². The number of hydrogen-bond acceptors (Lipinski definition) is 7. The number of Topliss-reactive ketones (excluding diaryl/α,β-unsaturated/α-hetero) is 1. The molecule has 38 heavy (non-hydrogen) atoms. The summed E-state index contributed by atoms with van der Waals surface area (Å²) in [5, 5.41) is 6.53. The Kier molecular flexibility index (Phi) is 13.4. The molecule has 0 aliphatic carbocycles. The van der Waals surface area contributed by atoms with Crippen LogP contribution in [0.4, 0.5) is 0 Å². The number of benzene rings is 2.